The smallest absolute Gasteiger partial charge is 0.257 e. The number of carbonyl (C=O) groups is 1. The number of aromatic nitrogens is 1. The lowest BCUT2D eigenvalue weighted by Gasteiger charge is -2.11. The van der Waals surface area contributed by atoms with Crippen LogP contribution in [0.5, 0.6) is 0 Å². The number of carbonyl (C=O) groups excluding carboxylic acids is 1. The SMILES string of the molecule is Cc1ccc(C)c(NC(=O)c2ccncc2NN)c1. The second-order valence-corrected chi connectivity index (χ2v) is 4.34. The number of pyridine rings is 1. The Hall–Kier alpha value is -2.40. The number of nitrogens with one attached hydrogen (secondary N) is 2. The summed E-state index contributed by atoms with van der Waals surface area (Å²) in [5.74, 6) is 5.15. The van der Waals surface area contributed by atoms with E-state index in [2.05, 4.69) is 15.7 Å². The molecule has 2 rings (SSSR count). The van der Waals surface area contributed by atoms with Gasteiger partial charge in [0.15, 0.2) is 0 Å². The van der Waals surface area contributed by atoms with E-state index in [1.54, 1.807) is 12.3 Å². The van der Waals surface area contributed by atoms with Crippen molar-refractivity contribution in [2.45, 2.75) is 13.8 Å². The Kier molecular flexibility index (Phi) is 3.77. The first-order valence-electron chi connectivity index (χ1n) is 5.91. The number of hydrazine groups is 1. The zero-order chi connectivity index (χ0) is 13.8. The van der Waals surface area contributed by atoms with Crippen LogP contribution in [0.3, 0.4) is 0 Å². The Morgan fingerprint density at radius 3 is 2.74 bits per heavy atom. The molecule has 0 saturated carbocycles. The Morgan fingerprint density at radius 1 is 1.21 bits per heavy atom. The zero-order valence-electron chi connectivity index (χ0n) is 10.9. The van der Waals surface area contributed by atoms with Gasteiger partial charge in [-0.15, -0.1) is 0 Å². The molecular formula is C14H16N4O. The normalized spacial score (nSPS) is 10.1. The number of nitrogens with zero attached hydrogens (tertiary/aromatic N) is 1. The van der Waals surface area contributed by atoms with E-state index >= 15 is 0 Å². The van der Waals surface area contributed by atoms with Gasteiger partial charge >= 0.3 is 0 Å². The standard InChI is InChI=1S/C14H16N4O/c1-9-3-4-10(2)12(7-9)17-14(19)11-5-6-16-8-13(11)18-15/h3-8,18H,15H2,1-2H3,(H,17,19). The molecule has 0 fully saturated rings. The second-order valence-electron chi connectivity index (χ2n) is 4.34. The van der Waals surface area contributed by atoms with Crippen LogP contribution < -0.4 is 16.6 Å². The predicted octanol–water partition coefficient (Wildman–Crippen LogP) is 2.24. The molecule has 4 N–H and O–H groups in total. The molecule has 2 aromatic rings. The van der Waals surface area contributed by atoms with E-state index in [1.165, 1.54) is 6.20 Å². The fraction of sp³-hybridized carbons (Fsp3) is 0.143. The molecule has 1 heterocycles. The molecule has 0 atom stereocenters. The molecule has 0 unspecified atom stereocenters. The van der Waals surface area contributed by atoms with Crippen LogP contribution in [0.25, 0.3) is 0 Å². The average Bonchev–Trinajstić information content (AvgIpc) is 2.42. The van der Waals surface area contributed by atoms with Crippen LogP contribution in [0.2, 0.25) is 0 Å². The Morgan fingerprint density at radius 2 is 2.00 bits per heavy atom. The van der Waals surface area contributed by atoms with Gasteiger partial charge in [0.1, 0.15) is 0 Å². The van der Waals surface area contributed by atoms with Crippen molar-refractivity contribution in [1.29, 1.82) is 0 Å². The quantitative estimate of drug-likeness (QED) is 0.581. The molecule has 0 aliphatic heterocycles. The van der Waals surface area contributed by atoms with E-state index in [0.717, 1.165) is 16.8 Å². The highest BCUT2D eigenvalue weighted by molar-refractivity contribution is 6.08. The Balaban J connectivity index is 2.28. The van der Waals surface area contributed by atoms with Crippen molar-refractivity contribution in [2.75, 3.05) is 10.7 Å². The van der Waals surface area contributed by atoms with Crippen LogP contribution in [0.1, 0.15) is 21.5 Å². The first-order chi connectivity index (χ1) is 9.11. The third-order valence-electron chi connectivity index (χ3n) is 2.86. The summed E-state index contributed by atoms with van der Waals surface area (Å²) in [6.45, 7) is 3.93. The summed E-state index contributed by atoms with van der Waals surface area (Å²) in [6.07, 6.45) is 3.07. The predicted molar refractivity (Wildman–Crippen MR) is 75.9 cm³/mol. The molecule has 0 aliphatic rings. The van der Waals surface area contributed by atoms with Gasteiger partial charge in [-0.3, -0.25) is 15.6 Å². The zero-order valence-corrected chi connectivity index (χ0v) is 10.9. The number of benzene rings is 1. The molecule has 1 aromatic heterocycles. The number of hydrogen-bond acceptors (Lipinski definition) is 4. The maximum Gasteiger partial charge on any atom is 0.257 e. The van der Waals surface area contributed by atoms with E-state index in [9.17, 15) is 4.79 Å². The van der Waals surface area contributed by atoms with Crippen molar-refractivity contribution < 1.29 is 4.79 Å². The number of rotatable bonds is 3. The molecule has 98 valence electrons. The highest BCUT2D eigenvalue weighted by Crippen LogP contribution is 2.19. The molecule has 0 aliphatic carbocycles. The lowest BCUT2D eigenvalue weighted by molar-refractivity contribution is 0.102. The Bertz CT molecular complexity index is 610. The summed E-state index contributed by atoms with van der Waals surface area (Å²) >= 11 is 0. The molecule has 1 aromatic carbocycles. The van der Waals surface area contributed by atoms with Crippen LogP contribution in [-0.2, 0) is 0 Å². The van der Waals surface area contributed by atoms with Crippen LogP contribution in [0.15, 0.2) is 36.7 Å². The van der Waals surface area contributed by atoms with Crippen molar-refractivity contribution in [3.8, 4) is 0 Å². The lowest BCUT2D eigenvalue weighted by Crippen LogP contribution is -2.18. The van der Waals surface area contributed by atoms with E-state index in [0.29, 0.717) is 11.3 Å². The van der Waals surface area contributed by atoms with Crippen molar-refractivity contribution in [2.24, 2.45) is 5.84 Å². The minimum atomic E-state index is -0.218. The van der Waals surface area contributed by atoms with Gasteiger partial charge in [0.2, 0.25) is 0 Å². The molecule has 5 nitrogen and oxygen atoms in total. The summed E-state index contributed by atoms with van der Waals surface area (Å²) in [6, 6.07) is 7.53. The van der Waals surface area contributed by atoms with Crippen molar-refractivity contribution >= 4 is 17.3 Å². The highest BCUT2D eigenvalue weighted by Gasteiger charge is 2.12. The fourth-order valence-electron chi connectivity index (χ4n) is 1.77. The molecule has 5 heteroatoms. The molecule has 0 spiro atoms. The van der Waals surface area contributed by atoms with E-state index < -0.39 is 0 Å². The van der Waals surface area contributed by atoms with E-state index in [-0.39, 0.29) is 5.91 Å². The first kappa shape index (κ1) is 13.0. The summed E-state index contributed by atoms with van der Waals surface area (Å²) in [4.78, 5) is 16.1. The maximum absolute atomic E-state index is 12.2. The summed E-state index contributed by atoms with van der Waals surface area (Å²) in [5, 5.41) is 2.88. The number of nitrogen functional groups attached to an aromatic ring is 1. The van der Waals surface area contributed by atoms with Gasteiger partial charge in [-0.25, -0.2) is 0 Å². The van der Waals surface area contributed by atoms with Gasteiger partial charge in [-0.1, -0.05) is 12.1 Å². The Labute approximate surface area is 111 Å². The largest absolute Gasteiger partial charge is 0.322 e. The van der Waals surface area contributed by atoms with Gasteiger partial charge in [0.25, 0.3) is 5.91 Å². The molecular weight excluding hydrogens is 240 g/mol. The lowest BCUT2D eigenvalue weighted by atomic mass is 10.1. The molecule has 19 heavy (non-hydrogen) atoms. The van der Waals surface area contributed by atoms with Crippen molar-refractivity contribution in [1.82, 2.24) is 4.98 Å². The maximum atomic E-state index is 12.2. The van der Waals surface area contributed by atoms with Crippen LogP contribution in [0.4, 0.5) is 11.4 Å². The number of hydrogen-bond donors (Lipinski definition) is 3. The molecule has 1 amide bonds. The molecule has 0 bridgehead atoms. The highest BCUT2D eigenvalue weighted by atomic mass is 16.1. The summed E-state index contributed by atoms with van der Waals surface area (Å²) < 4.78 is 0. The third kappa shape index (κ3) is 2.89. The fourth-order valence-corrected chi connectivity index (χ4v) is 1.77. The van der Waals surface area contributed by atoms with E-state index in [1.807, 2.05) is 32.0 Å². The van der Waals surface area contributed by atoms with E-state index in [4.69, 9.17) is 5.84 Å². The summed E-state index contributed by atoms with van der Waals surface area (Å²) in [7, 11) is 0. The van der Waals surface area contributed by atoms with Crippen molar-refractivity contribution in [3.05, 3.63) is 53.3 Å². The minimum Gasteiger partial charge on any atom is -0.322 e. The van der Waals surface area contributed by atoms with Gasteiger partial charge < -0.3 is 10.7 Å². The van der Waals surface area contributed by atoms with Gasteiger partial charge in [-0.2, -0.15) is 0 Å². The molecule has 0 radical (unpaired) electrons. The number of anilines is 2. The second kappa shape index (κ2) is 5.49. The first-order valence-corrected chi connectivity index (χ1v) is 5.91. The van der Waals surface area contributed by atoms with Crippen LogP contribution in [0, 0.1) is 13.8 Å². The average molecular weight is 256 g/mol. The third-order valence-corrected chi connectivity index (χ3v) is 2.86. The van der Waals surface area contributed by atoms with Gasteiger partial charge in [0.05, 0.1) is 17.4 Å². The van der Waals surface area contributed by atoms with Gasteiger partial charge in [0, 0.05) is 11.9 Å². The summed E-state index contributed by atoms with van der Waals surface area (Å²) in [5.41, 5.74) is 6.31. The number of amides is 1. The monoisotopic (exact) mass is 256 g/mol. The van der Waals surface area contributed by atoms with Crippen LogP contribution in [-0.4, -0.2) is 10.9 Å². The molecule has 0 saturated heterocycles. The topological polar surface area (TPSA) is 80.0 Å². The number of nitrogens with two attached hydrogens (primary N) is 1. The van der Waals surface area contributed by atoms with Crippen molar-refractivity contribution in [3.63, 3.8) is 0 Å². The van der Waals surface area contributed by atoms with Crippen LogP contribution >= 0.6 is 0 Å². The minimum absolute atomic E-state index is 0.218. The number of aryl methyl sites for hydroxylation is 2. The van der Waals surface area contributed by atoms with Gasteiger partial charge in [-0.05, 0) is 37.1 Å².